The van der Waals surface area contributed by atoms with Gasteiger partial charge in [-0.2, -0.15) is 4.98 Å². The highest BCUT2D eigenvalue weighted by atomic mass is 35.5. The number of thiophene rings is 1. The molecule has 11 heteroatoms. The summed E-state index contributed by atoms with van der Waals surface area (Å²) in [4.78, 5) is 25.3. The number of halogens is 1. The number of anilines is 2. The fraction of sp³-hybridized carbons (Fsp3) is 0.458. The lowest BCUT2D eigenvalue weighted by molar-refractivity contribution is 0.0183. The van der Waals surface area contributed by atoms with Gasteiger partial charge < -0.3 is 29.2 Å². The van der Waals surface area contributed by atoms with Crippen molar-refractivity contribution in [1.29, 1.82) is 0 Å². The van der Waals surface area contributed by atoms with Crippen molar-refractivity contribution >= 4 is 51.1 Å². The van der Waals surface area contributed by atoms with Crippen LogP contribution in [0.5, 0.6) is 11.5 Å². The van der Waals surface area contributed by atoms with Crippen molar-refractivity contribution in [3.8, 4) is 11.5 Å². The minimum Gasteiger partial charge on any atom is -0.454 e. The standard InChI is InChI=1S/C24H27ClN4O5S/c1-3-31-24(30)34-16-7-10-29(11-8-16)23-27-21(19-20(25)14(2)35-22(19)28-23)26-9-6-15-4-5-17-18(12-15)33-13-32-17/h4-5,12,16H,3,6-11,13H2,1-2H3,(H,26,27,28). The number of benzene rings is 1. The Morgan fingerprint density at radius 3 is 2.86 bits per heavy atom. The van der Waals surface area contributed by atoms with Crippen LogP contribution in [0.1, 0.15) is 30.2 Å². The van der Waals surface area contributed by atoms with E-state index in [1.54, 1.807) is 18.3 Å². The van der Waals surface area contributed by atoms with Gasteiger partial charge in [0.15, 0.2) is 11.5 Å². The van der Waals surface area contributed by atoms with Gasteiger partial charge in [0, 0.05) is 37.4 Å². The van der Waals surface area contributed by atoms with Crippen molar-refractivity contribution in [2.75, 3.05) is 43.3 Å². The molecule has 0 spiro atoms. The fourth-order valence-corrected chi connectivity index (χ4v) is 5.48. The number of fused-ring (bicyclic) bond motifs is 2. The summed E-state index contributed by atoms with van der Waals surface area (Å²) in [5, 5.41) is 5.01. The van der Waals surface area contributed by atoms with Crippen molar-refractivity contribution < 1.29 is 23.7 Å². The molecule has 35 heavy (non-hydrogen) atoms. The molecule has 1 N–H and O–H groups in total. The topological polar surface area (TPSA) is 95.0 Å². The zero-order chi connectivity index (χ0) is 24.4. The molecule has 0 saturated carbocycles. The Bertz CT molecular complexity index is 1230. The molecule has 9 nitrogen and oxygen atoms in total. The third kappa shape index (κ3) is 5.18. The van der Waals surface area contributed by atoms with E-state index in [2.05, 4.69) is 10.2 Å². The van der Waals surface area contributed by atoms with Crippen molar-refractivity contribution in [3.05, 3.63) is 33.7 Å². The summed E-state index contributed by atoms with van der Waals surface area (Å²) in [7, 11) is 0. The maximum Gasteiger partial charge on any atom is 0.508 e. The SMILES string of the molecule is CCOC(=O)OC1CCN(c2nc(NCCc3ccc4c(c3)OCO4)c3c(Cl)c(C)sc3n2)CC1. The average Bonchev–Trinajstić information content (AvgIpc) is 3.43. The quantitative estimate of drug-likeness (QED) is 0.424. The number of carbonyl (C=O) groups excluding carboxylic acids is 1. The molecule has 0 bridgehead atoms. The molecule has 5 rings (SSSR count). The number of ether oxygens (including phenoxy) is 4. The molecule has 1 saturated heterocycles. The van der Waals surface area contributed by atoms with Gasteiger partial charge in [-0.05, 0) is 38.0 Å². The molecular formula is C24H27ClN4O5S. The number of piperidine rings is 1. The van der Waals surface area contributed by atoms with Crippen LogP contribution >= 0.6 is 22.9 Å². The first kappa shape index (κ1) is 23.7. The van der Waals surface area contributed by atoms with Crippen LogP contribution in [0.2, 0.25) is 5.02 Å². The normalized spacial score (nSPS) is 15.5. The predicted octanol–water partition coefficient (Wildman–Crippen LogP) is 5.18. The van der Waals surface area contributed by atoms with Gasteiger partial charge in [0.1, 0.15) is 16.8 Å². The van der Waals surface area contributed by atoms with E-state index in [1.807, 2.05) is 25.1 Å². The van der Waals surface area contributed by atoms with E-state index in [0.717, 1.165) is 44.4 Å². The fourth-order valence-electron chi connectivity index (χ4n) is 4.22. The summed E-state index contributed by atoms with van der Waals surface area (Å²) in [6.45, 7) is 6.36. The lowest BCUT2D eigenvalue weighted by Gasteiger charge is -2.31. The first-order valence-corrected chi connectivity index (χ1v) is 12.9. The summed E-state index contributed by atoms with van der Waals surface area (Å²) >= 11 is 8.19. The van der Waals surface area contributed by atoms with Gasteiger partial charge in [0.2, 0.25) is 12.7 Å². The second kappa shape index (κ2) is 10.3. The average molecular weight is 519 g/mol. The second-order valence-electron chi connectivity index (χ2n) is 8.38. The van der Waals surface area contributed by atoms with Crippen molar-refractivity contribution in [1.82, 2.24) is 9.97 Å². The third-order valence-corrected chi connectivity index (χ3v) is 7.62. The van der Waals surface area contributed by atoms with E-state index in [-0.39, 0.29) is 12.9 Å². The molecule has 186 valence electrons. The highest BCUT2D eigenvalue weighted by molar-refractivity contribution is 7.19. The molecule has 0 radical (unpaired) electrons. The molecule has 1 aromatic carbocycles. The summed E-state index contributed by atoms with van der Waals surface area (Å²) in [6.07, 6.45) is 1.40. The number of carbonyl (C=O) groups is 1. The van der Waals surface area contributed by atoms with Crippen molar-refractivity contribution in [2.24, 2.45) is 0 Å². The monoisotopic (exact) mass is 518 g/mol. The minimum absolute atomic E-state index is 0.160. The molecule has 3 aromatic rings. The highest BCUT2D eigenvalue weighted by Crippen LogP contribution is 2.39. The van der Waals surface area contributed by atoms with Crippen LogP contribution in [0.4, 0.5) is 16.6 Å². The minimum atomic E-state index is -0.610. The number of rotatable bonds is 7. The van der Waals surface area contributed by atoms with Gasteiger partial charge in [0.05, 0.1) is 17.0 Å². The molecule has 2 aromatic heterocycles. The van der Waals surface area contributed by atoms with Gasteiger partial charge >= 0.3 is 6.16 Å². The van der Waals surface area contributed by atoms with Gasteiger partial charge in [-0.1, -0.05) is 17.7 Å². The molecule has 2 aliphatic heterocycles. The Balaban J connectivity index is 1.29. The van der Waals surface area contributed by atoms with Crippen LogP contribution in [0, 0.1) is 6.92 Å². The molecule has 1 fully saturated rings. The Hall–Kier alpha value is -2.98. The highest BCUT2D eigenvalue weighted by Gasteiger charge is 2.26. The number of nitrogens with zero attached hydrogens (tertiary/aromatic N) is 3. The van der Waals surface area contributed by atoms with Gasteiger partial charge in [-0.3, -0.25) is 0 Å². The lowest BCUT2D eigenvalue weighted by Crippen LogP contribution is -2.39. The van der Waals surface area contributed by atoms with Crippen molar-refractivity contribution in [3.63, 3.8) is 0 Å². The van der Waals surface area contributed by atoms with Crippen LogP contribution in [-0.4, -0.2) is 55.3 Å². The largest absolute Gasteiger partial charge is 0.508 e. The first-order chi connectivity index (χ1) is 17.0. The maximum atomic E-state index is 11.6. The van der Waals surface area contributed by atoms with Crippen LogP contribution in [0.15, 0.2) is 18.2 Å². The summed E-state index contributed by atoms with van der Waals surface area (Å²) < 4.78 is 21.1. The van der Waals surface area contributed by atoms with Crippen LogP contribution in [0.3, 0.4) is 0 Å². The van der Waals surface area contributed by atoms with E-state index in [4.69, 9.17) is 40.5 Å². The number of hydrogen-bond acceptors (Lipinski definition) is 10. The van der Waals surface area contributed by atoms with Crippen LogP contribution in [-0.2, 0) is 15.9 Å². The zero-order valence-corrected chi connectivity index (χ0v) is 21.2. The van der Waals surface area contributed by atoms with E-state index >= 15 is 0 Å². The maximum absolute atomic E-state index is 11.6. The first-order valence-electron chi connectivity index (χ1n) is 11.7. The molecule has 0 aliphatic carbocycles. The molecule has 0 atom stereocenters. The Morgan fingerprint density at radius 1 is 1.26 bits per heavy atom. The van der Waals surface area contributed by atoms with E-state index < -0.39 is 6.16 Å². The summed E-state index contributed by atoms with van der Waals surface area (Å²) in [5.74, 6) is 2.93. The van der Waals surface area contributed by atoms with Gasteiger partial charge in [-0.25, -0.2) is 9.78 Å². The Morgan fingerprint density at radius 2 is 2.06 bits per heavy atom. The molecule has 4 heterocycles. The molecular weight excluding hydrogens is 492 g/mol. The second-order valence-corrected chi connectivity index (χ2v) is 9.96. The smallest absolute Gasteiger partial charge is 0.454 e. The Labute approximate surface area is 212 Å². The lowest BCUT2D eigenvalue weighted by atomic mass is 10.1. The number of aryl methyl sites for hydroxylation is 1. The van der Waals surface area contributed by atoms with E-state index in [9.17, 15) is 4.79 Å². The Kier molecular flexibility index (Phi) is 7.01. The van der Waals surface area contributed by atoms with E-state index in [1.165, 1.54) is 0 Å². The van der Waals surface area contributed by atoms with E-state index in [0.29, 0.717) is 50.1 Å². The molecule has 0 unspecified atom stereocenters. The summed E-state index contributed by atoms with van der Waals surface area (Å²) in [6, 6.07) is 5.99. The van der Waals surface area contributed by atoms with Gasteiger partial charge in [0.25, 0.3) is 0 Å². The third-order valence-electron chi connectivity index (χ3n) is 6.04. The number of aromatic nitrogens is 2. The zero-order valence-electron chi connectivity index (χ0n) is 19.6. The number of nitrogens with one attached hydrogen (secondary N) is 1. The van der Waals surface area contributed by atoms with Crippen molar-refractivity contribution in [2.45, 2.75) is 39.2 Å². The predicted molar refractivity (Wildman–Crippen MR) is 135 cm³/mol. The summed E-state index contributed by atoms with van der Waals surface area (Å²) in [5.41, 5.74) is 1.14. The number of hydrogen-bond donors (Lipinski definition) is 1. The van der Waals surface area contributed by atoms with Crippen LogP contribution < -0.4 is 19.7 Å². The van der Waals surface area contributed by atoms with Crippen LogP contribution in [0.25, 0.3) is 10.2 Å². The molecule has 0 amide bonds. The molecule has 2 aliphatic rings. The van der Waals surface area contributed by atoms with Gasteiger partial charge in [-0.15, -0.1) is 11.3 Å².